The third-order valence-corrected chi connectivity index (χ3v) is 4.62. The van der Waals surface area contributed by atoms with Gasteiger partial charge >= 0.3 is 0 Å². The van der Waals surface area contributed by atoms with Crippen molar-refractivity contribution in [2.24, 2.45) is 0 Å². The van der Waals surface area contributed by atoms with E-state index in [1.165, 1.54) is 22.8 Å². The second kappa shape index (κ2) is 6.78. The van der Waals surface area contributed by atoms with Gasteiger partial charge in [-0.3, -0.25) is 14.5 Å². The van der Waals surface area contributed by atoms with E-state index in [9.17, 15) is 9.18 Å². The van der Waals surface area contributed by atoms with Gasteiger partial charge in [-0.2, -0.15) is 0 Å². The summed E-state index contributed by atoms with van der Waals surface area (Å²) < 4.78 is 13.0. The first-order chi connectivity index (χ1) is 12.2. The van der Waals surface area contributed by atoms with Crippen molar-refractivity contribution < 1.29 is 14.0 Å². The van der Waals surface area contributed by atoms with E-state index in [-0.39, 0.29) is 30.3 Å². The van der Waals surface area contributed by atoms with Gasteiger partial charge in [-0.05, 0) is 23.3 Å². The van der Waals surface area contributed by atoms with Crippen LogP contribution in [0.2, 0.25) is 0 Å². The SMILES string of the molecule is O=C(Cc1ccc(F)cc1)N1CN2CC=CC(O1)C2c1ccccc1. The third kappa shape index (κ3) is 3.34. The van der Waals surface area contributed by atoms with Crippen LogP contribution in [0.5, 0.6) is 0 Å². The highest BCUT2D eigenvalue weighted by atomic mass is 19.1. The average molecular weight is 338 g/mol. The Hall–Kier alpha value is -2.50. The molecule has 5 heteroatoms. The van der Waals surface area contributed by atoms with Crippen molar-refractivity contribution in [3.8, 4) is 0 Å². The maximum absolute atomic E-state index is 13.0. The molecule has 0 radical (unpaired) electrons. The van der Waals surface area contributed by atoms with Gasteiger partial charge in [-0.1, -0.05) is 54.6 Å². The second-order valence-electron chi connectivity index (χ2n) is 6.34. The molecule has 2 aliphatic rings. The third-order valence-electron chi connectivity index (χ3n) is 4.62. The van der Waals surface area contributed by atoms with Gasteiger partial charge in [0.25, 0.3) is 5.91 Å². The van der Waals surface area contributed by atoms with E-state index in [1.807, 2.05) is 24.3 Å². The largest absolute Gasteiger partial charge is 0.272 e. The Labute approximate surface area is 146 Å². The van der Waals surface area contributed by atoms with Gasteiger partial charge in [-0.15, -0.1) is 0 Å². The minimum atomic E-state index is -0.304. The van der Waals surface area contributed by atoms with E-state index in [0.29, 0.717) is 6.67 Å². The van der Waals surface area contributed by atoms with Gasteiger partial charge < -0.3 is 0 Å². The summed E-state index contributed by atoms with van der Waals surface area (Å²) in [4.78, 5) is 20.8. The Morgan fingerprint density at radius 3 is 2.60 bits per heavy atom. The molecule has 25 heavy (non-hydrogen) atoms. The Morgan fingerprint density at radius 2 is 1.88 bits per heavy atom. The van der Waals surface area contributed by atoms with E-state index in [2.05, 4.69) is 23.1 Å². The van der Waals surface area contributed by atoms with Gasteiger partial charge in [-0.25, -0.2) is 9.45 Å². The van der Waals surface area contributed by atoms with Crippen LogP contribution < -0.4 is 0 Å². The van der Waals surface area contributed by atoms with Crippen molar-refractivity contribution in [2.75, 3.05) is 13.2 Å². The van der Waals surface area contributed by atoms with E-state index >= 15 is 0 Å². The van der Waals surface area contributed by atoms with Crippen molar-refractivity contribution in [3.63, 3.8) is 0 Å². The van der Waals surface area contributed by atoms with Crippen LogP contribution in [0.4, 0.5) is 4.39 Å². The van der Waals surface area contributed by atoms with Crippen molar-refractivity contribution in [3.05, 3.63) is 83.7 Å². The highest BCUT2D eigenvalue weighted by Crippen LogP contribution is 2.34. The average Bonchev–Trinajstić information content (AvgIpc) is 2.63. The van der Waals surface area contributed by atoms with Gasteiger partial charge in [0.05, 0.1) is 12.5 Å². The monoisotopic (exact) mass is 338 g/mol. The second-order valence-corrected chi connectivity index (χ2v) is 6.34. The highest BCUT2D eigenvalue weighted by Gasteiger charge is 2.39. The van der Waals surface area contributed by atoms with Gasteiger partial charge in [0, 0.05) is 6.54 Å². The Morgan fingerprint density at radius 1 is 1.12 bits per heavy atom. The maximum atomic E-state index is 13.0. The number of halogens is 1. The summed E-state index contributed by atoms with van der Waals surface area (Å²) in [7, 11) is 0. The van der Waals surface area contributed by atoms with Gasteiger partial charge in [0.1, 0.15) is 18.6 Å². The lowest BCUT2D eigenvalue weighted by Crippen LogP contribution is -2.55. The zero-order valence-corrected chi connectivity index (χ0v) is 13.7. The summed E-state index contributed by atoms with van der Waals surface area (Å²) in [5.74, 6) is -0.426. The smallest absolute Gasteiger partial charge is 0.251 e. The van der Waals surface area contributed by atoms with Crippen LogP contribution >= 0.6 is 0 Å². The molecule has 3 unspecified atom stereocenters. The molecule has 4 nitrogen and oxygen atoms in total. The van der Waals surface area contributed by atoms with Crippen LogP contribution in [0.1, 0.15) is 17.2 Å². The first kappa shape index (κ1) is 16.0. The van der Waals surface area contributed by atoms with Crippen molar-refractivity contribution in [1.82, 2.24) is 9.96 Å². The lowest BCUT2D eigenvalue weighted by atomic mass is 9.96. The first-order valence-corrected chi connectivity index (χ1v) is 8.38. The highest BCUT2D eigenvalue weighted by molar-refractivity contribution is 5.77. The zero-order chi connectivity index (χ0) is 17.2. The molecule has 2 bridgehead atoms. The fraction of sp³-hybridized carbons (Fsp3) is 0.250. The number of hydrogen-bond acceptors (Lipinski definition) is 3. The first-order valence-electron chi connectivity index (χ1n) is 8.38. The fourth-order valence-corrected chi connectivity index (χ4v) is 3.39. The molecule has 1 fully saturated rings. The quantitative estimate of drug-likeness (QED) is 0.807. The van der Waals surface area contributed by atoms with Crippen LogP contribution in [-0.2, 0) is 16.1 Å². The molecule has 0 saturated carbocycles. The molecule has 0 aliphatic carbocycles. The zero-order valence-electron chi connectivity index (χ0n) is 13.7. The minimum absolute atomic E-state index is 0.112. The summed E-state index contributed by atoms with van der Waals surface area (Å²) in [6.45, 7) is 1.19. The number of amides is 1. The van der Waals surface area contributed by atoms with Crippen LogP contribution in [0.15, 0.2) is 66.7 Å². The lowest BCUT2D eigenvalue weighted by Gasteiger charge is -2.46. The molecule has 1 saturated heterocycles. The van der Waals surface area contributed by atoms with Crippen LogP contribution in [0.25, 0.3) is 0 Å². The predicted octanol–water partition coefficient (Wildman–Crippen LogP) is 3.08. The molecule has 3 atom stereocenters. The molecule has 0 aromatic heterocycles. The number of carbonyl (C=O) groups is 1. The molecule has 4 rings (SSSR count). The number of hydroxylamine groups is 2. The van der Waals surface area contributed by atoms with Gasteiger partial charge in [0.2, 0.25) is 0 Å². The van der Waals surface area contributed by atoms with E-state index < -0.39 is 0 Å². The topological polar surface area (TPSA) is 32.8 Å². The van der Waals surface area contributed by atoms with E-state index in [1.54, 1.807) is 12.1 Å². The number of carbonyl (C=O) groups excluding carboxylic acids is 1. The van der Waals surface area contributed by atoms with E-state index in [4.69, 9.17) is 4.84 Å². The number of hydrogen-bond donors (Lipinski definition) is 0. The summed E-state index contributed by atoms with van der Waals surface area (Å²) >= 11 is 0. The van der Waals surface area contributed by atoms with Crippen LogP contribution in [-0.4, -0.2) is 35.2 Å². The molecule has 128 valence electrons. The lowest BCUT2D eigenvalue weighted by molar-refractivity contribution is -0.254. The van der Waals surface area contributed by atoms with Crippen LogP contribution in [0, 0.1) is 5.82 Å². The summed E-state index contributed by atoms with van der Waals surface area (Å²) in [5.41, 5.74) is 1.96. The molecule has 1 amide bonds. The molecule has 2 aromatic rings. The molecular weight excluding hydrogens is 319 g/mol. The molecule has 2 heterocycles. The predicted molar refractivity (Wildman–Crippen MR) is 91.7 cm³/mol. The van der Waals surface area contributed by atoms with Crippen molar-refractivity contribution in [1.29, 1.82) is 0 Å². The molecule has 2 aliphatic heterocycles. The normalized spacial score (nSPS) is 25.0. The van der Waals surface area contributed by atoms with Gasteiger partial charge in [0.15, 0.2) is 0 Å². The van der Waals surface area contributed by atoms with Crippen molar-refractivity contribution >= 4 is 5.91 Å². The number of fused-ring (bicyclic) bond motifs is 2. The molecular formula is C20H19FN2O2. The number of benzene rings is 2. The summed E-state index contributed by atoms with van der Waals surface area (Å²) in [6, 6.07) is 16.3. The summed E-state index contributed by atoms with van der Waals surface area (Å²) in [5, 5.41) is 1.43. The molecule has 0 spiro atoms. The number of nitrogens with zero attached hydrogens (tertiary/aromatic N) is 2. The molecule has 0 N–H and O–H groups in total. The fourth-order valence-electron chi connectivity index (χ4n) is 3.39. The minimum Gasteiger partial charge on any atom is -0.272 e. The Balaban J connectivity index is 1.49. The molecule has 2 aromatic carbocycles. The standard InChI is InChI=1S/C20H19FN2O2/c21-17-10-8-15(9-11-17)13-19(24)23-14-22-12-4-7-18(25-23)20(22)16-5-2-1-3-6-16/h1-11,18,20H,12-14H2. The maximum Gasteiger partial charge on any atom is 0.251 e. The van der Waals surface area contributed by atoms with E-state index in [0.717, 1.165) is 12.1 Å². The van der Waals surface area contributed by atoms with Crippen LogP contribution in [0.3, 0.4) is 0 Å². The Kier molecular flexibility index (Phi) is 4.34. The number of rotatable bonds is 3. The summed E-state index contributed by atoms with van der Waals surface area (Å²) in [6.07, 6.45) is 4.10. The van der Waals surface area contributed by atoms with Crippen molar-refractivity contribution in [2.45, 2.75) is 18.6 Å². The Bertz CT molecular complexity index is 776.